The minimum absolute atomic E-state index is 0.189. The van der Waals surface area contributed by atoms with Gasteiger partial charge in [0, 0.05) is 18.0 Å². The van der Waals surface area contributed by atoms with Crippen molar-refractivity contribution in [3.8, 4) is 0 Å². The quantitative estimate of drug-likeness (QED) is 0.507. The molecule has 0 radical (unpaired) electrons. The molecule has 3 nitrogen and oxygen atoms in total. The van der Waals surface area contributed by atoms with E-state index >= 15 is 0 Å². The number of nitrogens with one attached hydrogen (secondary N) is 1. The van der Waals surface area contributed by atoms with Gasteiger partial charge in [-0.3, -0.25) is 10.3 Å². The van der Waals surface area contributed by atoms with Gasteiger partial charge in [0.15, 0.2) is 0 Å². The summed E-state index contributed by atoms with van der Waals surface area (Å²) in [7, 11) is 2.09. The Balaban J connectivity index is 4.24. The van der Waals surface area contributed by atoms with Crippen LogP contribution >= 0.6 is 0 Å². The summed E-state index contributed by atoms with van der Waals surface area (Å²) in [5, 5.41) is 7.23. The van der Waals surface area contributed by atoms with Crippen LogP contribution in [0, 0.1) is 5.41 Å². The highest BCUT2D eigenvalue weighted by molar-refractivity contribution is 5.77. The molecule has 3 heteroatoms. The van der Waals surface area contributed by atoms with Gasteiger partial charge in [-0.05, 0) is 34.2 Å². The molecule has 0 amide bonds. The molecule has 0 aromatic heterocycles. The molecule has 1 atom stereocenters. The highest BCUT2D eigenvalue weighted by Crippen LogP contribution is 2.20. The summed E-state index contributed by atoms with van der Waals surface area (Å²) in [4.78, 5) is 2.29. The minimum atomic E-state index is 0.189. The van der Waals surface area contributed by atoms with E-state index in [4.69, 9.17) is 11.1 Å². The first kappa shape index (κ1) is 12.4. The van der Waals surface area contributed by atoms with Gasteiger partial charge < -0.3 is 5.73 Å². The molecule has 13 heavy (non-hydrogen) atoms. The van der Waals surface area contributed by atoms with Crippen LogP contribution in [0.1, 0.15) is 40.5 Å². The largest absolute Gasteiger partial charge is 0.388 e. The lowest BCUT2D eigenvalue weighted by molar-refractivity contribution is 0.109. The standard InChI is InChI=1S/C10H23N3/c1-6-10(3,4)13(5)8(2)7-9(11)12/h8H,6-7H2,1-5H3,(H3,11,12). The predicted octanol–water partition coefficient (Wildman–Crippen LogP) is 1.82. The van der Waals surface area contributed by atoms with Gasteiger partial charge in [0.05, 0.1) is 5.84 Å². The average molecular weight is 185 g/mol. The Bertz CT molecular complexity index is 175. The third kappa shape index (κ3) is 3.77. The first-order valence-electron chi connectivity index (χ1n) is 4.87. The molecule has 0 bridgehead atoms. The van der Waals surface area contributed by atoms with Crippen molar-refractivity contribution in [1.29, 1.82) is 5.41 Å². The van der Waals surface area contributed by atoms with E-state index in [0.29, 0.717) is 12.5 Å². The molecular weight excluding hydrogens is 162 g/mol. The summed E-state index contributed by atoms with van der Waals surface area (Å²) >= 11 is 0. The lowest BCUT2D eigenvalue weighted by Gasteiger charge is -2.39. The molecule has 0 aromatic rings. The monoisotopic (exact) mass is 185 g/mol. The van der Waals surface area contributed by atoms with Crippen LogP contribution in [0.5, 0.6) is 0 Å². The smallest absolute Gasteiger partial charge is 0.0920 e. The van der Waals surface area contributed by atoms with E-state index in [0.717, 1.165) is 6.42 Å². The Morgan fingerprint density at radius 2 is 2.00 bits per heavy atom. The Labute approximate surface area is 81.8 Å². The van der Waals surface area contributed by atoms with E-state index in [1.165, 1.54) is 0 Å². The van der Waals surface area contributed by atoms with Crippen molar-refractivity contribution < 1.29 is 0 Å². The number of hydrogen-bond acceptors (Lipinski definition) is 2. The maximum atomic E-state index is 7.23. The van der Waals surface area contributed by atoms with Crippen LogP contribution in [0.15, 0.2) is 0 Å². The van der Waals surface area contributed by atoms with Gasteiger partial charge in [0.25, 0.3) is 0 Å². The Morgan fingerprint density at radius 3 is 2.31 bits per heavy atom. The van der Waals surface area contributed by atoms with Crippen molar-refractivity contribution in [3.05, 3.63) is 0 Å². The topological polar surface area (TPSA) is 53.1 Å². The Kier molecular flexibility index (Phi) is 4.40. The number of amidine groups is 1. The van der Waals surface area contributed by atoms with E-state index in [-0.39, 0.29) is 11.4 Å². The second kappa shape index (κ2) is 4.61. The highest BCUT2D eigenvalue weighted by Gasteiger charge is 2.25. The molecule has 0 aliphatic carbocycles. The van der Waals surface area contributed by atoms with Crippen molar-refractivity contribution in [3.63, 3.8) is 0 Å². The van der Waals surface area contributed by atoms with Gasteiger partial charge in [-0.1, -0.05) is 6.92 Å². The second-order valence-electron chi connectivity index (χ2n) is 4.36. The van der Waals surface area contributed by atoms with E-state index in [1.807, 2.05) is 0 Å². The summed E-state index contributed by atoms with van der Waals surface area (Å²) in [6, 6.07) is 0.340. The van der Waals surface area contributed by atoms with Crippen LogP contribution in [0.4, 0.5) is 0 Å². The number of nitrogens with zero attached hydrogens (tertiary/aromatic N) is 1. The van der Waals surface area contributed by atoms with Crippen LogP contribution in [-0.4, -0.2) is 29.4 Å². The Morgan fingerprint density at radius 1 is 1.54 bits per heavy atom. The lowest BCUT2D eigenvalue weighted by Crippen LogP contribution is -2.46. The highest BCUT2D eigenvalue weighted by atomic mass is 15.2. The molecule has 0 spiro atoms. The Hall–Kier alpha value is -0.570. The van der Waals surface area contributed by atoms with Crippen molar-refractivity contribution in [2.75, 3.05) is 7.05 Å². The van der Waals surface area contributed by atoms with Crippen LogP contribution in [0.2, 0.25) is 0 Å². The van der Waals surface area contributed by atoms with Gasteiger partial charge in [-0.15, -0.1) is 0 Å². The third-order valence-corrected chi connectivity index (χ3v) is 3.00. The molecule has 0 aliphatic rings. The molecule has 0 fully saturated rings. The predicted molar refractivity (Wildman–Crippen MR) is 58.1 cm³/mol. The van der Waals surface area contributed by atoms with Crippen molar-refractivity contribution in [2.45, 2.75) is 52.1 Å². The first-order valence-corrected chi connectivity index (χ1v) is 4.87. The molecule has 0 saturated carbocycles. The normalized spacial score (nSPS) is 14.6. The van der Waals surface area contributed by atoms with Gasteiger partial charge in [0.1, 0.15) is 0 Å². The average Bonchev–Trinajstić information content (AvgIpc) is 2.01. The maximum absolute atomic E-state index is 7.23. The van der Waals surface area contributed by atoms with Crippen LogP contribution < -0.4 is 5.73 Å². The van der Waals surface area contributed by atoms with Crippen LogP contribution in [0.3, 0.4) is 0 Å². The van der Waals surface area contributed by atoms with Gasteiger partial charge >= 0.3 is 0 Å². The number of rotatable bonds is 5. The van der Waals surface area contributed by atoms with Gasteiger partial charge in [0.2, 0.25) is 0 Å². The maximum Gasteiger partial charge on any atom is 0.0920 e. The fourth-order valence-electron chi connectivity index (χ4n) is 1.30. The molecular formula is C10H23N3. The molecule has 0 saturated heterocycles. The zero-order valence-electron chi connectivity index (χ0n) is 9.52. The molecule has 0 rings (SSSR count). The molecule has 0 aromatic carbocycles. The van der Waals surface area contributed by atoms with E-state index in [1.54, 1.807) is 0 Å². The molecule has 0 aliphatic heterocycles. The molecule has 78 valence electrons. The summed E-state index contributed by atoms with van der Waals surface area (Å²) < 4.78 is 0. The summed E-state index contributed by atoms with van der Waals surface area (Å²) in [5.41, 5.74) is 5.56. The van der Waals surface area contributed by atoms with Crippen molar-refractivity contribution >= 4 is 5.84 Å². The van der Waals surface area contributed by atoms with Crippen LogP contribution in [-0.2, 0) is 0 Å². The molecule has 1 unspecified atom stereocenters. The first-order chi connectivity index (χ1) is 5.81. The fourth-order valence-corrected chi connectivity index (χ4v) is 1.30. The zero-order valence-corrected chi connectivity index (χ0v) is 9.52. The van der Waals surface area contributed by atoms with Gasteiger partial charge in [-0.25, -0.2) is 0 Å². The fraction of sp³-hybridized carbons (Fsp3) is 0.900. The summed E-state index contributed by atoms with van der Waals surface area (Å²) in [6.07, 6.45) is 1.76. The second-order valence-corrected chi connectivity index (χ2v) is 4.36. The van der Waals surface area contributed by atoms with Crippen LogP contribution in [0.25, 0.3) is 0 Å². The van der Waals surface area contributed by atoms with E-state index in [9.17, 15) is 0 Å². The van der Waals surface area contributed by atoms with E-state index in [2.05, 4.69) is 39.6 Å². The SMILES string of the molecule is CCC(C)(C)N(C)C(C)CC(=N)N. The number of nitrogens with two attached hydrogens (primary N) is 1. The van der Waals surface area contributed by atoms with Gasteiger partial charge in [-0.2, -0.15) is 0 Å². The molecule has 3 N–H and O–H groups in total. The summed E-state index contributed by atoms with van der Waals surface area (Å²) in [5.74, 6) is 0.270. The van der Waals surface area contributed by atoms with E-state index < -0.39 is 0 Å². The number of hydrogen-bond donors (Lipinski definition) is 2. The summed E-state index contributed by atoms with van der Waals surface area (Å²) in [6.45, 7) is 8.71. The lowest BCUT2D eigenvalue weighted by atomic mass is 9.97. The minimum Gasteiger partial charge on any atom is -0.388 e. The zero-order chi connectivity index (χ0) is 10.6. The van der Waals surface area contributed by atoms with Crippen molar-refractivity contribution in [2.24, 2.45) is 5.73 Å². The third-order valence-electron chi connectivity index (χ3n) is 3.00. The molecule has 0 heterocycles. The van der Waals surface area contributed by atoms with Crippen molar-refractivity contribution in [1.82, 2.24) is 4.90 Å².